The van der Waals surface area contributed by atoms with E-state index >= 15 is 0 Å². The number of hydrogen-bond donors (Lipinski definition) is 0. The van der Waals surface area contributed by atoms with Crippen LogP contribution in [0.2, 0.25) is 0 Å². The van der Waals surface area contributed by atoms with Crippen LogP contribution in [0.5, 0.6) is 0 Å². The molecule has 0 aromatic carbocycles. The van der Waals surface area contributed by atoms with Crippen molar-refractivity contribution >= 4 is 43.9 Å². The van der Waals surface area contributed by atoms with E-state index in [9.17, 15) is 25.9 Å². The molecule has 11 heteroatoms. The van der Waals surface area contributed by atoms with Crippen molar-refractivity contribution in [3.63, 3.8) is 0 Å². The van der Waals surface area contributed by atoms with E-state index in [-0.39, 0.29) is 36.3 Å². The Labute approximate surface area is 296 Å². The summed E-state index contributed by atoms with van der Waals surface area (Å²) in [5.74, 6) is 0. The SMILES string of the molecule is CCCCCCCCCCCCCCCCCOS(=O)(=O)[O-].CCCCCCCCCCCCCCCCCOS(=O)(=O)[O-].[Mg+2]. The van der Waals surface area contributed by atoms with Gasteiger partial charge < -0.3 is 9.11 Å². The first-order valence-electron chi connectivity index (χ1n) is 18.3. The molecule has 0 atom stereocenters. The van der Waals surface area contributed by atoms with Crippen LogP contribution in [0.25, 0.3) is 0 Å². The van der Waals surface area contributed by atoms with E-state index in [0.717, 1.165) is 25.7 Å². The molecule has 45 heavy (non-hydrogen) atoms. The van der Waals surface area contributed by atoms with Crippen molar-refractivity contribution in [3.8, 4) is 0 Å². The average molecular weight is 695 g/mol. The first-order chi connectivity index (χ1) is 21.1. The normalized spacial score (nSPS) is 11.6. The van der Waals surface area contributed by atoms with E-state index < -0.39 is 20.8 Å². The molecule has 0 unspecified atom stereocenters. The standard InChI is InChI=1S/2C17H36O4S.Mg/c2*1-2-3-4-5-6-7-8-9-10-11-12-13-14-15-16-17-21-22(18,19)20;/h2*2-17H2,1H3,(H,18,19,20);/q;;+2/p-2. The summed E-state index contributed by atoms with van der Waals surface area (Å²) < 4.78 is 69.5. The van der Waals surface area contributed by atoms with Gasteiger partial charge in [-0.05, 0) is 12.8 Å². The maximum Gasteiger partial charge on any atom is 2.00 e. The van der Waals surface area contributed by atoms with Crippen LogP contribution in [0.4, 0.5) is 0 Å². The third kappa shape index (κ3) is 54.2. The third-order valence-electron chi connectivity index (χ3n) is 7.95. The van der Waals surface area contributed by atoms with Gasteiger partial charge in [-0.1, -0.05) is 194 Å². The fraction of sp³-hybridized carbons (Fsp3) is 1.00. The van der Waals surface area contributed by atoms with Gasteiger partial charge in [0, 0.05) is 0 Å². The quantitative estimate of drug-likeness (QED) is 0.0281. The summed E-state index contributed by atoms with van der Waals surface area (Å²) in [6, 6.07) is 0. The minimum Gasteiger partial charge on any atom is -0.726 e. The second-order valence-corrected chi connectivity index (χ2v) is 14.5. The largest absolute Gasteiger partial charge is 2.00 e. The average Bonchev–Trinajstić information content (AvgIpc) is 2.96. The van der Waals surface area contributed by atoms with Gasteiger partial charge in [0.2, 0.25) is 20.8 Å². The zero-order chi connectivity index (χ0) is 33.0. The van der Waals surface area contributed by atoms with Crippen molar-refractivity contribution in [3.05, 3.63) is 0 Å². The van der Waals surface area contributed by atoms with Gasteiger partial charge in [-0.3, -0.25) is 8.37 Å². The maximum atomic E-state index is 10.2. The molecule has 0 amide bonds. The van der Waals surface area contributed by atoms with Crippen molar-refractivity contribution in [1.29, 1.82) is 0 Å². The summed E-state index contributed by atoms with van der Waals surface area (Å²) in [6.45, 7) is 4.57. The Bertz CT molecular complexity index is 700. The Morgan fingerprint density at radius 1 is 0.333 bits per heavy atom. The van der Waals surface area contributed by atoms with E-state index in [0.29, 0.717) is 12.8 Å². The Morgan fingerprint density at radius 3 is 0.644 bits per heavy atom. The molecule has 8 nitrogen and oxygen atoms in total. The van der Waals surface area contributed by atoms with Crippen LogP contribution in [0.15, 0.2) is 0 Å². The fourth-order valence-electron chi connectivity index (χ4n) is 5.27. The molecule has 268 valence electrons. The number of rotatable bonds is 34. The van der Waals surface area contributed by atoms with Crippen LogP contribution >= 0.6 is 0 Å². The summed E-state index contributed by atoms with van der Waals surface area (Å²) in [5.41, 5.74) is 0. The van der Waals surface area contributed by atoms with Crippen molar-refractivity contribution in [2.45, 2.75) is 206 Å². The molecule has 0 spiro atoms. The van der Waals surface area contributed by atoms with Crippen LogP contribution < -0.4 is 0 Å². The second-order valence-electron chi connectivity index (χ2n) is 12.4. The van der Waals surface area contributed by atoms with Crippen LogP contribution in [0, 0.1) is 0 Å². The monoisotopic (exact) mass is 694 g/mol. The van der Waals surface area contributed by atoms with Gasteiger partial charge in [0.1, 0.15) is 0 Å². The molecule has 0 radical (unpaired) electrons. The molecular formula is C34H70MgO8S2. The smallest absolute Gasteiger partial charge is 0.726 e. The molecule has 0 rings (SSSR count). The summed E-state index contributed by atoms with van der Waals surface area (Å²) in [6.07, 6.45) is 37.7. The molecule has 0 saturated heterocycles. The first kappa shape index (κ1) is 49.9. The van der Waals surface area contributed by atoms with E-state index in [1.165, 1.54) is 154 Å². The van der Waals surface area contributed by atoms with Gasteiger partial charge in [0.05, 0.1) is 13.2 Å². The van der Waals surface area contributed by atoms with Gasteiger partial charge in [-0.2, -0.15) is 0 Å². The molecule has 0 aromatic rings. The molecule has 0 saturated carbocycles. The second kappa shape index (κ2) is 38.9. The predicted octanol–water partition coefficient (Wildman–Crippen LogP) is 10.3. The van der Waals surface area contributed by atoms with Gasteiger partial charge in [-0.25, -0.2) is 16.8 Å². The van der Waals surface area contributed by atoms with Crippen LogP contribution in [-0.2, 0) is 29.2 Å². The molecule has 0 aliphatic carbocycles. The minimum absolute atomic E-state index is 0. The van der Waals surface area contributed by atoms with Crippen LogP contribution in [0.1, 0.15) is 206 Å². The van der Waals surface area contributed by atoms with Crippen molar-refractivity contribution in [2.75, 3.05) is 13.2 Å². The summed E-state index contributed by atoms with van der Waals surface area (Å²) in [5, 5.41) is 0. The molecule has 0 aliphatic rings. The van der Waals surface area contributed by atoms with Gasteiger partial charge in [0.25, 0.3) is 0 Å². The summed E-state index contributed by atoms with van der Waals surface area (Å²) in [4.78, 5) is 0. The first-order valence-corrected chi connectivity index (χ1v) is 21.0. The van der Waals surface area contributed by atoms with E-state index in [4.69, 9.17) is 0 Å². The zero-order valence-electron chi connectivity index (χ0n) is 29.4. The fourth-order valence-corrected chi connectivity index (χ4v) is 5.91. The molecule has 0 aromatic heterocycles. The number of unbranched alkanes of at least 4 members (excludes halogenated alkanes) is 28. The predicted molar refractivity (Wildman–Crippen MR) is 187 cm³/mol. The van der Waals surface area contributed by atoms with Crippen LogP contribution in [-0.4, -0.2) is 62.2 Å². The van der Waals surface area contributed by atoms with Gasteiger partial charge in [0.15, 0.2) is 0 Å². The topological polar surface area (TPSA) is 133 Å². The summed E-state index contributed by atoms with van der Waals surface area (Å²) >= 11 is 0. The Morgan fingerprint density at radius 2 is 0.489 bits per heavy atom. The summed E-state index contributed by atoms with van der Waals surface area (Å²) in [7, 11) is -8.99. The molecule has 0 N–H and O–H groups in total. The van der Waals surface area contributed by atoms with E-state index in [1.54, 1.807) is 0 Å². The Hall–Kier alpha value is 0.506. The third-order valence-corrected chi connectivity index (χ3v) is 8.86. The Kier molecular flexibility index (Phi) is 43.2. The Balaban J connectivity index is -0.000000767. The molecular weight excluding hydrogens is 625 g/mol. The van der Waals surface area contributed by atoms with Gasteiger partial charge in [-0.15, -0.1) is 0 Å². The molecule has 0 aliphatic heterocycles. The minimum atomic E-state index is -4.49. The van der Waals surface area contributed by atoms with Crippen molar-refractivity contribution < 1.29 is 34.3 Å². The maximum absolute atomic E-state index is 10.2. The van der Waals surface area contributed by atoms with E-state index in [2.05, 4.69) is 22.2 Å². The molecule has 0 heterocycles. The van der Waals surface area contributed by atoms with E-state index in [1.807, 2.05) is 0 Å². The zero-order valence-corrected chi connectivity index (χ0v) is 32.5. The molecule has 0 fully saturated rings. The molecule has 0 bridgehead atoms. The van der Waals surface area contributed by atoms with Crippen molar-refractivity contribution in [2.24, 2.45) is 0 Å². The van der Waals surface area contributed by atoms with Crippen LogP contribution in [0.3, 0.4) is 0 Å². The number of hydrogen-bond acceptors (Lipinski definition) is 8. The van der Waals surface area contributed by atoms with Crippen molar-refractivity contribution in [1.82, 2.24) is 0 Å². The van der Waals surface area contributed by atoms with Gasteiger partial charge >= 0.3 is 23.1 Å².